The predicted molar refractivity (Wildman–Crippen MR) is 67.2 cm³/mol. The first kappa shape index (κ1) is 13.0. The molecule has 1 aliphatic heterocycles. The monoisotopic (exact) mass is 212 g/mol. The maximum Gasteiger partial charge on any atom is 0.0107 e. The summed E-state index contributed by atoms with van der Waals surface area (Å²) in [5, 5.41) is 3.49. The molecule has 0 spiro atoms. The number of rotatable bonds is 6. The second-order valence-corrected chi connectivity index (χ2v) is 5.34. The molecule has 0 amide bonds. The molecule has 1 N–H and O–H groups in total. The van der Waals surface area contributed by atoms with E-state index in [2.05, 4.69) is 37.9 Å². The molecule has 15 heavy (non-hydrogen) atoms. The van der Waals surface area contributed by atoms with Gasteiger partial charge in [0, 0.05) is 25.7 Å². The van der Waals surface area contributed by atoms with E-state index in [4.69, 9.17) is 0 Å². The second-order valence-electron chi connectivity index (χ2n) is 5.34. The maximum absolute atomic E-state index is 3.49. The smallest absolute Gasteiger partial charge is 0.0107 e. The van der Waals surface area contributed by atoms with Crippen molar-refractivity contribution in [2.24, 2.45) is 5.41 Å². The SMILES string of the molecule is CCC1(CC)CCN(CCNC(C)C)C1. The third-order valence-electron chi connectivity index (χ3n) is 4.00. The van der Waals surface area contributed by atoms with Crippen LogP contribution in [0.25, 0.3) is 0 Å². The molecule has 0 radical (unpaired) electrons. The first-order chi connectivity index (χ1) is 7.12. The highest BCUT2D eigenvalue weighted by atomic mass is 15.2. The van der Waals surface area contributed by atoms with Gasteiger partial charge in [0.25, 0.3) is 0 Å². The summed E-state index contributed by atoms with van der Waals surface area (Å²) in [4.78, 5) is 2.63. The highest BCUT2D eigenvalue weighted by molar-refractivity contribution is 4.87. The summed E-state index contributed by atoms with van der Waals surface area (Å²) in [5.74, 6) is 0. The van der Waals surface area contributed by atoms with Crippen LogP contribution in [0.1, 0.15) is 47.0 Å². The van der Waals surface area contributed by atoms with Gasteiger partial charge in [0.1, 0.15) is 0 Å². The van der Waals surface area contributed by atoms with Gasteiger partial charge in [-0.2, -0.15) is 0 Å². The molecule has 0 aromatic rings. The van der Waals surface area contributed by atoms with Crippen LogP contribution in [0.2, 0.25) is 0 Å². The Hall–Kier alpha value is -0.0800. The number of nitrogens with one attached hydrogen (secondary N) is 1. The number of nitrogens with zero attached hydrogens (tertiary/aromatic N) is 1. The minimum atomic E-state index is 0.620. The molecular formula is C13H28N2. The molecule has 0 aliphatic carbocycles. The molecule has 90 valence electrons. The van der Waals surface area contributed by atoms with Crippen molar-refractivity contribution in [3.63, 3.8) is 0 Å². The first-order valence-corrected chi connectivity index (χ1v) is 6.57. The summed E-state index contributed by atoms with van der Waals surface area (Å²) in [7, 11) is 0. The van der Waals surface area contributed by atoms with Crippen molar-refractivity contribution >= 4 is 0 Å². The molecule has 0 bridgehead atoms. The minimum absolute atomic E-state index is 0.620. The van der Waals surface area contributed by atoms with Gasteiger partial charge >= 0.3 is 0 Å². The fourth-order valence-electron chi connectivity index (χ4n) is 2.56. The molecule has 0 aromatic carbocycles. The van der Waals surface area contributed by atoms with Crippen LogP contribution >= 0.6 is 0 Å². The summed E-state index contributed by atoms with van der Waals surface area (Å²) in [6, 6.07) is 0.620. The lowest BCUT2D eigenvalue weighted by molar-refractivity contribution is 0.239. The van der Waals surface area contributed by atoms with Crippen LogP contribution in [0.4, 0.5) is 0 Å². The molecule has 0 aromatic heterocycles. The Morgan fingerprint density at radius 3 is 2.40 bits per heavy atom. The standard InChI is InChI=1S/C13H28N2/c1-5-13(6-2)7-9-15(11-13)10-8-14-12(3)4/h12,14H,5-11H2,1-4H3. The van der Waals surface area contributed by atoms with Gasteiger partial charge in [-0.3, -0.25) is 0 Å². The molecule has 2 heteroatoms. The van der Waals surface area contributed by atoms with E-state index in [1.54, 1.807) is 0 Å². The third kappa shape index (κ3) is 3.76. The van der Waals surface area contributed by atoms with E-state index in [1.807, 2.05) is 0 Å². The normalized spacial score (nSPS) is 21.4. The fraction of sp³-hybridized carbons (Fsp3) is 1.00. The van der Waals surface area contributed by atoms with Crippen molar-refractivity contribution in [1.82, 2.24) is 10.2 Å². The molecule has 0 atom stereocenters. The van der Waals surface area contributed by atoms with E-state index in [0.717, 1.165) is 6.54 Å². The molecule has 1 fully saturated rings. The van der Waals surface area contributed by atoms with Gasteiger partial charge in [0.05, 0.1) is 0 Å². The minimum Gasteiger partial charge on any atom is -0.313 e. The Morgan fingerprint density at radius 2 is 1.93 bits per heavy atom. The quantitative estimate of drug-likeness (QED) is 0.728. The van der Waals surface area contributed by atoms with Crippen molar-refractivity contribution in [2.75, 3.05) is 26.2 Å². The second kappa shape index (κ2) is 5.86. The zero-order valence-corrected chi connectivity index (χ0v) is 11.0. The number of hydrogen-bond acceptors (Lipinski definition) is 2. The maximum atomic E-state index is 3.49. The highest BCUT2D eigenvalue weighted by Crippen LogP contribution is 2.36. The van der Waals surface area contributed by atoms with E-state index in [-0.39, 0.29) is 0 Å². The van der Waals surface area contributed by atoms with Gasteiger partial charge in [-0.25, -0.2) is 0 Å². The molecule has 0 saturated carbocycles. The van der Waals surface area contributed by atoms with Crippen molar-refractivity contribution < 1.29 is 0 Å². The number of likely N-dealkylation sites (tertiary alicyclic amines) is 1. The van der Waals surface area contributed by atoms with Gasteiger partial charge in [-0.1, -0.05) is 27.7 Å². The summed E-state index contributed by atoms with van der Waals surface area (Å²) < 4.78 is 0. The average molecular weight is 212 g/mol. The zero-order valence-electron chi connectivity index (χ0n) is 11.0. The van der Waals surface area contributed by atoms with Crippen molar-refractivity contribution in [3.8, 4) is 0 Å². The molecule has 0 unspecified atom stereocenters. The summed E-state index contributed by atoms with van der Waals surface area (Å²) in [6.45, 7) is 14.1. The Morgan fingerprint density at radius 1 is 1.27 bits per heavy atom. The molecule has 2 nitrogen and oxygen atoms in total. The lowest BCUT2D eigenvalue weighted by atomic mass is 9.82. The Kier molecular flexibility index (Phi) is 5.07. The molecule has 1 heterocycles. The molecular weight excluding hydrogens is 184 g/mol. The fourth-order valence-corrected chi connectivity index (χ4v) is 2.56. The average Bonchev–Trinajstić information content (AvgIpc) is 2.62. The van der Waals surface area contributed by atoms with Gasteiger partial charge in [-0.15, -0.1) is 0 Å². The van der Waals surface area contributed by atoms with Crippen molar-refractivity contribution in [1.29, 1.82) is 0 Å². The van der Waals surface area contributed by atoms with Gasteiger partial charge in [-0.05, 0) is 31.2 Å². The van der Waals surface area contributed by atoms with Gasteiger partial charge in [0.15, 0.2) is 0 Å². The van der Waals surface area contributed by atoms with E-state index in [1.165, 1.54) is 38.9 Å². The van der Waals surface area contributed by atoms with Crippen LogP contribution in [0, 0.1) is 5.41 Å². The van der Waals surface area contributed by atoms with Crippen LogP contribution in [-0.2, 0) is 0 Å². The van der Waals surface area contributed by atoms with Crippen LogP contribution in [0.3, 0.4) is 0 Å². The Bertz CT molecular complexity index is 173. The zero-order chi connectivity index (χ0) is 11.3. The lowest BCUT2D eigenvalue weighted by Gasteiger charge is -2.26. The molecule has 1 rings (SSSR count). The predicted octanol–water partition coefficient (Wildman–Crippen LogP) is 2.50. The first-order valence-electron chi connectivity index (χ1n) is 6.57. The Balaban J connectivity index is 2.24. The molecule has 1 saturated heterocycles. The molecule has 1 aliphatic rings. The van der Waals surface area contributed by atoms with Crippen LogP contribution < -0.4 is 5.32 Å². The van der Waals surface area contributed by atoms with Crippen LogP contribution in [0.15, 0.2) is 0 Å². The van der Waals surface area contributed by atoms with Crippen molar-refractivity contribution in [3.05, 3.63) is 0 Å². The van der Waals surface area contributed by atoms with Gasteiger partial charge < -0.3 is 10.2 Å². The summed E-state index contributed by atoms with van der Waals surface area (Å²) >= 11 is 0. The summed E-state index contributed by atoms with van der Waals surface area (Å²) in [6.07, 6.45) is 4.09. The largest absolute Gasteiger partial charge is 0.313 e. The summed E-state index contributed by atoms with van der Waals surface area (Å²) in [5.41, 5.74) is 0.637. The van der Waals surface area contributed by atoms with Gasteiger partial charge in [0.2, 0.25) is 0 Å². The topological polar surface area (TPSA) is 15.3 Å². The van der Waals surface area contributed by atoms with E-state index in [9.17, 15) is 0 Å². The van der Waals surface area contributed by atoms with Crippen molar-refractivity contribution in [2.45, 2.75) is 53.0 Å². The van der Waals surface area contributed by atoms with E-state index < -0.39 is 0 Å². The van der Waals surface area contributed by atoms with E-state index >= 15 is 0 Å². The number of hydrogen-bond donors (Lipinski definition) is 1. The van der Waals surface area contributed by atoms with Crippen LogP contribution in [-0.4, -0.2) is 37.1 Å². The Labute approximate surface area is 95.4 Å². The highest BCUT2D eigenvalue weighted by Gasteiger charge is 2.34. The van der Waals surface area contributed by atoms with Crippen LogP contribution in [0.5, 0.6) is 0 Å². The third-order valence-corrected chi connectivity index (χ3v) is 4.00. The van der Waals surface area contributed by atoms with E-state index in [0.29, 0.717) is 11.5 Å². The lowest BCUT2D eigenvalue weighted by Crippen LogP contribution is -2.35.